The van der Waals surface area contributed by atoms with E-state index < -0.39 is 20.7 Å². The van der Waals surface area contributed by atoms with Crippen LogP contribution in [-0.4, -0.2) is 51.8 Å². The zero-order valence-corrected chi connectivity index (χ0v) is 15.9. The molecule has 2 aromatic carbocycles. The topological polar surface area (TPSA) is 119 Å². The molecule has 0 radical (unpaired) electrons. The lowest BCUT2D eigenvalue weighted by Crippen LogP contribution is -2.36. The van der Waals surface area contributed by atoms with Crippen molar-refractivity contribution in [3.05, 3.63) is 58.1 Å². The third-order valence-corrected chi connectivity index (χ3v) is 5.42. The Morgan fingerprint density at radius 3 is 2.54 bits per heavy atom. The molecule has 1 aliphatic heterocycles. The van der Waals surface area contributed by atoms with Crippen molar-refractivity contribution >= 4 is 32.8 Å². The molecule has 0 unspecified atom stereocenters. The summed E-state index contributed by atoms with van der Waals surface area (Å²) in [6.45, 7) is 2.03. The number of nitro benzene ring substituents is 1. The lowest BCUT2D eigenvalue weighted by molar-refractivity contribution is -0.384. The number of ether oxygens (including phenoxy) is 1. The van der Waals surface area contributed by atoms with E-state index in [2.05, 4.69) is 5.32 Å². The van der Waals surface area contributed by atoms with E-state index in [1.165, 1.54) is 30.3 Å². The molecule has 10 heteroatoms. The number of nitro groups is 1. The van der Waals surface area contributed by atoms with Crippen LogP contribution < -0.4 is 10.2 Å². The van der Waals surface area contributed by atoms with E-state index in [1.807, 2.05) is 4.90 Å². The number of carbonyl (C=O) groups is 1. The summed E-state index contributed by atoms with van der Waals surface area (Å²) >= 11 is 0. The van der Waals surface area contributed by atoms with Gasteiger partial charge in [0.2, 0.25) is 0 Å². The SMILES string of the molecule is CS(=O)(=O)c1cccc(NC(=O)c2ccc(N3CCOCC3)c([N+](=O)[O-])c2)c1. The fourth-order valence-electron chi connectivity index (χ4n) is 2.89. The molecule has 1 heterocycles. The number of amides is 1. The minimum atomic E-state index is -3.42. The summed E-state index contributed by atoms with van der Waals surface area (Å²) in [4.78, 5) is 25.4. The van der Waals surface area contributed by atoms with Crippen molar-refractivity contribution in [3.63, 3.8) is 0 Å². The maximum absolute atomic E-state index is 12.5. The third-order valence-electron chi connectivity index (χ3n) is 4.31. The Hall–Kier alpha value is -2.98. The highest BCUT2D eigenvalue weighted by Crippen LogP contribution is 2.30. The summed E-state index contributed by atoms with van der Waals surface area (Å²) in [5.41, 5.74) is 0.657. The molecule has 0 bridgehead atoms. The molecule has 1 N–H and O–H groups in total. The fraction of sp³-hybridized carbons (Fsp3) is 0.278. The predicted molar refractivity (Wildman–Crippen MR) is 104 cm³/mol. The summed E-state index contributed by atoms with van der Waals surface area (Å²) in [7, 11) is -3.42. The van der Waals surface area contributed by atoms with Gasteiger partial charge in [0.15, 0.2) is 9.84 Å². The molecule has 2 aromatic rings. The number of benzene rings is 2. The van der Waals surface area contributed by atoms with Crippen molar-refractivity contribution in [1.82, 2.24) is 0 Å². The first-order valence-corrected chi connectivity index (χ1v) is 10.4. The van der Waals surface area contributed by atoms with Gasteiger partial charge in [0.25, 0.3) is 11.6 Å². The van der Waals surface area contributed by atoms with Gasteiger partial charge >= 0.3 is 0 Å². The highest BCUT2D eigenvalue weighted by molar-refractivity contribution is 7.90. The van der Waals surface area contributed by atoms with Crippen LogP contribution in [0.4, 0.5) is 17.1 Å². The molecule has 1 aliphatic rings. The van der Waals surface area contributed by atoms with Crippen molar-refractivity contribution in [2.75, 3.05) is 42.8 Å². The van der Waals surface area contributed by atoms with Crippen LogP contribution in [0.5, 0.6) is 0 Å². The van der Waals surface area contributed by atoms with Gasteiger partial charge in [-0.2, -0.15) is 0 Å². The second-order valence-corrected chi connectivity index (χ2v) is 8.33. The molecular formula is C18H19N3O6S. The van der Waals surface area contributed by atoms with Gasteiger partial charge in [-0.05, 0) is 30.3 Å². The minimum absolute atomic E-state index is 0.0685. The first-order chi connectivity index (χ1) is 13.3. The zero-order valence-electron chi connectivity index (χ0n) is 15.1. The first kappa shape index (κ1) is 19.8. The standard InChI is InChI=1S/C18H19N3O6S/c1-28(25,26)15-4-2-3-14(12-15)19-18(22)13-5-6-16(17(11-13)21(23)24)20-7-9-27-10-8-20/h2-6,11-12H,7-10H2,1H3,(H,19,22). The fourth-order valence-corrected chi connectivity index (χ4v) is 3.56. The number of sulfone groups is 1. The summed E-state index contributed by atoms with van der Waals surface area (Å²) in [5, 5.41) is 14.1. The van der Waals surface area contributed by atoms with E-state index in [-0.39, 0.29) is 21.8 Å². The predicted octanol–water partition coefficient (Wildman–Crippen LogP) is 2.09. The molecule has 1 amide bonds. The summed E-state index contributed by atoms with van der Waals surface area (Å²) < 4.78 is 28.6. The lowest BCUT2D eigenvalue weighted by atomic mass is 10.1. The number of anilines is 2. The Balaban J connectivity index is 1.86. The largest absolute Gasteiger partial charge is 0.378 e. The van der Waals surface area contributed by atoms with Gasteiger partial charge in [-0.1, -0.05) is 6.07 Å². The van der Waals surface area contributed by atoms with Gasteiger partial charge in [0, 0.05) is 36.7 Å². The summed E-state index contributed by atoms with van der Waals surface area (Å²) in [6.07, 6.45) is 1.07. The first-order valence-electron chi connectivity index (χ1n) is 8.48. The molecular weight excluding hydrogens is 386 g/mol. The van der Waals surface area contributed by atoms with Gasteiger partial charge in [0.1, 0.15) is 5.69 Å². The zero-order chi connectivity index (χ0) is 20.3. The quantitative estimate of drug-likeness (QED) is 0.597. The molecule has 28 heavy (non-hydrogen) atoms. The van der Waals surface area contributed by atoms with Crippen LogP contribution in [0.25, 0.3) is 0 Å². The van der Waals surface area contributed by atoms with Crippen molar-refractivity contribution in [2.24, 2.45) is 0 Å². The van der Waals surface area contributed by atoms with E-state index >= 15 is 0 Å². The average Bonchev–Trinajstić information content (AvgIpc) is 2.67. The maximum Gasteiger partial charge on any atom is 0.293 e. The van der Waals surface area contributed by atoms with E-state index in [9.17, 15) is 23.3 Å². The summed E-state index contributed by atoms with van der Waals surface area (Å²) in [6, 6.07) is 10.1. The molecule has 3 rings (SSSR count). The minimum Gasteiger partial charge on any atom is -0.378 e. The Morgan fingerprint density at radius 1 is 1.18 bits per heavy atom. The lowest BCUT2D eigenvalue weighted by Gasteiger charge is -2.28. The average molecular weight is 405 g/mol. The van der Waals surface area contributed by atoms with Gasteiger partial charge in [0.05, 0.1) is 23.0 Å². The van der Waals surface area contributed by atoms with E-state index in [4.69, 9.17) is 4.74 Å². The highest BCUT2D eigenvalue weighted by atomic mass is 32.2. The van der Waals surface area contributed by atoms with Crippen LogP contribution in [0.1, 0.15) is 10.4 Å². The molecule has 0 spiro atoms. The maximum atomic E-state index is 12.5. The second kappa shape index (κ2) is 7.95. The Morgan fingerprint density at radius 2 is 1.89 bits per heavy atom. The van der Waals surface area contributed by atoms with E-state index in [1.54, 1.807) is 12.1 Å². The smallest absolute Gasteiger partial charge is 0.293 e. The van der Waals surface area contributed by atoms with Crippen molar-refractivity contribution < 1.29 is 22.9 Å². The molecule has 9 nitrogen and oxygen atoms in total. The number of hydrogen-bond acceptors (Lipinski definition) is 7. The van der Waals surface area contributed by atoms with E-state index in [0.717, 1.165) is 6.26 Å². The van der Waals surface area contributed by atoms with Gasteiger partial charge in [-0.15, -0.1) is 0 Å². The van der Waals surface area contributed by atoms with Crippen LogP contribution in [-0.2, 0) is 14.6 Å². The van der Waals surface area contributed by atoms with Gasteiger partial charge < -0.3 is 15.0 Å². The number of hydrogen-bond donors (Lipinski definition) is 1. The van der Waals surface area contributed by atoms with Crippen LogP contribution in [0.2, 0.25) is 0 Å². The van der Waals surface area contributed by atoms with Crippen LogP contribution in [0.15, 0.2) is 47.4 Å². The highest BCUT2D eigenvalue weighted by Gasteiger charge is 2.23. The molecule has 0 atom stereocenters. The Bertz CT molecular complexity index is 1020. The van der Waals surface area contributed by atoms with Gasteiger partial charge in [-0.3, -0.25) is 14.9 Å². The number of nitrogens with zero attached hydrogens (tertiary/aromatic N) is 2. The Kier molecular flexibility index (Phi) is 5.61. The van der Waals surface area contributed by atoms with Gasteiger partial charge in [-0.25, -0.2) is 8.42 Å². The molecule has 148 valence electrons. The third kappa shape index (κ3) is 4.46. The molecule has 1 saturated heterocycles. The van der Waals surface area contributed by atoms with Crippen LogP contribution >= 0.6 is 0 Å². The number of nitrogens with one attached hydrogen (secondary N) is 1. The molecule has 0 aromatic heterocycles. The molecule has 0 saturated carbocycles. The van der Waals surface area contributed by atoms with E-state index in [0.29, 0.717) is 32.0 Å². The molecule has 1 fully saturated rings. The number of carbonyl (C=O) groups excluding carboxylic acids is 1. The number of morpholine rings is 1. The van der Waals surface area contributed by atoms with Crippen LogP contribution in [0.3, 0.4) is 0 Å². The van der Waals surface area contributed by atoms with Crippen molar-refractivity contribution in [3.8, 4) is 0 Å². The van der Waals surface area contributed by atoms with Crippen molar-refractivity contribution in [1.29, 1.82) is 0 Å². The van der Waals surface area contributed by atoms with Crippen molar-refractivity contribution in [2.45, 2.75) is 4.90 Å². The van der Waals surface area contributed by atoms with Crippen LogP contribution in [0, 0.1) is 10.1 Å². The molecule has 0 aliphatic carbocycles. The Labute approximate surface area is 162 Å². The normalized spacial score (nSPS) is 14.5. The summed E-state index contributed by atoms with van der Waals surface area (Å²) in [5.74, 6) is -0.567. The number of rotatable bonds is 5. The monoisotopic (exact) mass is 405 g/mol. The second-order valence-electron chi connectivity index (χ2n) is 6.31.